The van der Waals surface area contributed by atoms with E-state index in [0.717, 1.165) is 37.6 Å². The van der Waals surface area contributed by atoms with E-state index in [1.54, 1.807) is 7.11 Å². The first-order valence-corrected chi connectivity index (χ1v) is 7.26. The summed E-state index contributed by atoms with van der Waals surface area (Å²) in [4.78, 5) is 0. The molecule has 19 heavy (non-hydrogen) atoms. The van der Waals surface area contributed by atoms with Gasteiger partial charge in [0.25, 0.3) is 0 Å². The summed E-state index contributed by atoms with van der Waals surface area (Å²) >= 11 is 0. The molecule has 0 aromatic heterocycles. The number of rotatable bonds is 8. The fraction of sp³-hybridized carbons (Fsp3) is 0.625. The highest BCUT2D eigenvalue weighted by atomic mass is 16.5. The van der Waals surface area contributed by atoms with Crippen molar-refractivity contribution in [2.24, 2.45) is 5.41 Å². The third-order valence-electron chi connectivity index (χ3n) is 4.12. The predicted molar refractivity (Wildman–Crippen MR) is 77.9 cm³/mol. The van der Waals surface area contributed by atoms with Crippen LogP contribution in [0.1, 0.15) is 32.6 Å². The van der Waals surface area contributed by atoms with E-state index < -0.39 is 0 Å². The van der Waals surface area contributed by atoms with Crippen LogP contribution in [0.25, 0.3) is 0 Å². The van der Waals surface area contributed by atoms with E-state index in [-0.39, 0.29) is 0 Å². The molecule has 1 N–H and O–H groups in total. The predicted octanol–water partition coefficient (Wildman–Crippen LogP) is 3.24. The summed E-state index contributed by atoms with van der Waals surface area (Å²) in [6, 6.07) is 7.85. The molecule has 0 amide bonds. The molecule has 3 heteroatoms. The first-order valence-electron chi connectivity index (χ1n) is 7.26. The van der Waals surface area contributed by atoms with Gasteiger partial charge in [-0.1, -0.05) is 25.5 Å². The molecule has 0 spiro atoms. The molecule has 0 atom stereocenters. The zero-order valence-electron chi connectivity index (χ0n) is 12.1. The Morgan fingerprint density at radius 3 is 2.53 bits per heavy atom. The van der Waals surface area contributed by atoms with Crippen molar-refractivity contribution < 1.29 is 9.47 Å². The van der Waals surface area contributed by atoms with Crippen molar-refractivity contribution in [2.45, 2.75) is 32.6 Å². The van der Waals surface area contributed by atoms with Gasteiger partial charge in [0.1, 0.15) is 0 Å². The summed E-state index contributed by atoms with van der Waals surface area (Å²) in [6.07, 6.45) is 5.14. The Morgan fingerprint density at radius 2 is 1.95 bits per heavy atom. The van der Waals surface area contributed by atoms with Gasteiger partial charge >= 0.3 is 0 Å². The van der Waals surface area contributed by atoms with Gasteiger partial charge in [-0.25, -0.2) is 0 Å². The summed E-state index contributed by atoms with van der Waals surface area (Å²) in [5.74, 6) is 1.67. The molecular weight excluding hydrogens is 238 g/mol. The van der Waals surface area contributed by atoms with Gasteiger partial charge in [-0.15, -0.1) is 0 Å². The van der Waals surface area contributed by atoms with Crippen molar-refractivity contribution >= 4 is 0 Å². The number of ether oxygens (including phenoxy) is 2. The second kappa shape index (κ2) is 6.80. The highest BCUT2D eigenvalue weighted by Gasteiger charge is 2.36. The monoisotopic (exact) mass is 263 g/mol. The lowest BCUT2D eigenvalue weighted by Crippen LogP contribution is -2.41. The number of hydrogen-bond acceptors (Lipinski definition) is 3. The Morgan fingerprint density at radius 1 is 1.21 bits per heavy atom. The van der Waals surface area contributed by atoms with Crippen LogP contribution in [0.3, 0.4) is 0 Å². The third-order valence-corrected chi connectivity index (χ3v) is 4.12. The van der Waals surface area contributed by atoms with Gasteiger partial charge in [-0.3, -0.25) is 0 Å². The molecule has 0 radical (unpaired) electrons. The number of para-hydroxylation sites is 2. The van der Waals surface area contributed by atoms with E-state index in [9.17, 15) is 0 Å². The standard InChI is InChI=1S/C16H25NO2/c1-3-17-13-16(9-6-10-16)11-12-19-15-8-5-4-7-14(15)18-2/h4-5,7-8,17H,3,6,9-13H2,1-2H3. The molecular formula is C16H25NO2. The summed E-state index contributed by atoms with van der Waals surface area (Å²) < 4.78 is 11.2. The molecule has 0 unspecified atom stereocenters. The van der Waals surface area contributed by atoms with E-state index in [2.05, 4.69) is 12.2 Å². The molecule has 0 saturated heterocycles. The molecule has 2 rings (SSSR count). The minimum Gasteiger partial charge on any atom is -0.493 e. The van der Waals surface area contributed by atoms with Crippen molar-refractivity contribution in [1.82, 2.24) is 5.32 Å². The van der Waals surface area contributed by atoms with Crippen LogP contribution >= 0.6 is 0 Å². The highest BCUT2D eigenvalue weighted by Crippen LogP contribution is 2.43. The van der Waals surface area contributed by atoms with Gasteiger partial charge in [-0.2, -0.15) is 0 Å². The fourth-order valence-corrected chi connectivity index (χ4v) is 2.70. The summed E-state index contributed by atoms with van der Waals surface area (Å²) in [6.45, 7) is 5.11. The minimum absolute atomic E-state index is 0.470. The normalized spacial score (nSPS) is 16.7. The van der Waals surface area contributed by atoms with Crippen molar-refractivity contribution in [3.63, 3.8) is 0 Å². The van der Waals surface area contributed by atoms with Crippen molar-refractivity contribution in [3.8, 4) is 11.5 Å². The topological polar surface area (TPSA) is 30.5 Å². The van der Waals surface area contributed by atoms with E-state index in [0.29, 0.717) is 5.41 Å². The van der Waals surface area contributed by atoms with E-state index in [1.165, 1.54) is 19.3 Å². The number of nitrogens with one attached hydrogen (secondary N) is 1. The number of methoxy groups -OCH3 is 1. The Bertz CT molecular complexity index is 388. The van der Waals surface area contributed by atoms with E-state index >= 15 is 0 Å². The van der Waals surface area contributed by atoms with Crippen LogP contribution in [0.4, 0.5) is 0 Å². The highest BCUT2D eigenvalue weighted by molar-refractivity contribution is 5.39. The molecule has 0 aliphatic heterocycles. The van der Waals surface area contributed by atoms with Crippen LogP contribution in [0, 0.1) is 5.41 Å². The molecule has 106 valence electrons. The van der Waals surface area contributed by atoms with Crippen molar-refractivity contribution in [1.29, 1.82) is 0 Å². The second-order valence-corrected chi connectivity index (χ2v) is 5.38. The molecule has 1 aliphatic rings. The summed E-state index contributed by atoms with van der Waals surface area (Å²) in [5.41, 5.74) is 0.470. The van der Waals surface area contributed by atoms with Crippen LogP contribution in [0.2, 0.25) is 0 Å². The van der Waals surface area contributed by atoms with Gasteiger partial charge in [0.15, 0.2) is 11.5 Å². The quantitative estimate of drug-likeness (QED) is 0.781. The fourth-order valence-electron chi connectivity index (χ4n) is 2.70. The first kappa shape index (κ1) is 14.2. The average molecular weight is 263 g/mol. The van der Waals surface area contributed by atoms with Crippen LogP contribution < -0.4 is 14.8 Å². The lowest BCUT2D eigenvalue weighted by Gasteiger charge is -2.42. The SMILES string of the molecule is CCNCC1(CCOc2ccccc2OC)CCC1. The maximum absolute atomic E-state index is 5.89. The van der Waals surface area contributed by atoms with E-state index in [1.807, 2.05) is 24.3 Å². The molecule has 0 bridgehead atoms. The smallest absolute Gasteiger partial charge is 0.161 e. The molecule has 1 aliphatic carbocycles. The number of benzene rings is 1. The lowest BCUT2D eigenvalue weighted by molar-refractivity contribution is 0.0920. The second-order valence-electron chi connectivity index (χ2n) is 5.38. The van der Waals surface area contributed by atoms with Crippen LogP contribution in [0.5, 0.6) is 11.5 Å². The largest absolute Gasteiger partial charge is 0.493 e. The Hall–Kier alpha value is -1.22. The molecule has 1 fully saturated rings. The van der Waals surface area contributed by atoms with Gasteiger partial charge in [0, 0.05) is 6.54 Å². The third kappa shape index (κ3) is 3.63. The van der Waals surface area contributed by atoms with Crippen LogP contribution in [0.15, 0.2) is 24.3 Å². The van der Waals surface area contributed by atoms with Crippen LogP contribution in [-0.2, 0) is 0 Å². The first-order chi connectivity index (χ1) is 9.29. The zero-order valence-corrected chi connectivity index (χ0v) is 12.1. The summed E-state index contributed by atoms with van der Waals surface area (Å²) in [7, 11) is 1.68. The van der Waals surface area contributed by atoms with E-state index in [4.69, 9.17) is 9.47 Å². The lowest BCUT2D eigenvalue weighted by atomic mass is 9.67. The van der Waals surface area contributed by atoms with Gasteiger partial charge < -0.3 is 14.8 Å². The average Bonchev–Trinajstić information content (AvgIpc) is 2.41. The molecule has 0 heterocycles. The summed E-state index contributed by atoms with van der Waals surface area (Å²) in [5, 5.41) is 3.48. The van der Waals surface area contributed by atoms with Gasteiger partial charge in [0.05, 0.1) is 13.7 Å². The Balaban J connectivity index is 1.82. The zero-order chi connectivity index (χ0) is 13.6. The van der Waals surface area contributed by atoms with Crippen molar-refractivity contribution in [2.75, 3.05) is 26.8 Å². The van der Waals surface area contributed by atoms with Crippen LogP contribution in [-0.4, -0.2) is 26.8 Å². The molecule has 1 saturated carbocycles. The number of hydrogen-bond donors (Lipinski definition) is 1. The molecule has 1 aromatic carbocycles. The molecule has 1 aromatic rings. The Kier molecular flexibility index (Phi) is 5.08. The maximum atomic E-state index is 5.89. The molecule has 3 nitrogen and oxygen atoms in total. The minimum atomic E-state index is 0.470. The Labute approximate surface area is 116 Å². The van der Waals surface area contributed by atoms with Crippen molar-refractivity contribution in [3.05, 3.63) is 24.3 Å². The van der Waals surface area contributed by atoms with Gasteiger partial charge in [0.2, 0.25) is 0 Å². The maximum Gasteiger partial charge on any atom is 0.161 e. The van der Waals surface area contributed by atoms with Gasteiger partial charge in [-0.05, 0) is 43.4 Å².